The Labute approximate surface area is 182 Å². The molecular formula is C25H28N2O4. The third-order valence-electron chi connectivity index (χ3n) is 6.74. The van der Waals surface area contributed by atoms with Crippen LogP contribution < -0.4 is 0 Å². The number of benzene rings is 1. The van der Waals surface area contributed by atoms with Crippen LogP contribution in [0.2, 0.25) is 0 Å². The number of amides is 4. The van der Waals surface area contributed by atoms with E-state index < -0.39 is 0 Å². The molecule has 4 rings (SSSR count). The maximum atomic E-state index is 12.8. The SMILES string of the molecule is C/C=C\CC1C(=O)N(Cc2cccc(CN3C(=O)C4CC=CCC4C3=O)c2)C(=O)C1C. The maximum absolute atomic E-state index is 12.8. The highest BCUT2D eigenvalue weighted by molar-refractivity contribution is 6.05. The van der Waals surface area contributed by atoms with Gasteiger partial charge < -0.3 is 0 Å². The van der Waals surface area contributed by atoms with Gasteiger partial charge in [-0.1, -0.05) is 55.5 Å². The summed E-state index contributed by atoms with van der Waals surface area (Å²) in [7, 11) is 0. The fourth-order valence-electron chi connectivity index (χ4n) is 4.90. The Morgan fingerprint density at radius 3 is 1.97 bits per heavy atom. The second kappa shape index (κ2) is 8.61. The van der Waals surface area contributed by atoms with Crippen LogP contribution in [0.15, 0.2) is 48.6 Å². The van der Waals surface area contributed by atoms with Crippen LogP contribution in [0.3, 0.4) is 0 Å². The number of carbonyl (C=O) groups is 4. The van der Waals surface area contributed by atoms with Crippen LogP contribution in [-0.4, -0.2) is 33.4 Å². The van der Waals surface area contributed by atoms with Gasteiger partial charge in [0.2, 0.25) is 23.6 Å². The summed E-state index contributed by atoms with van der Waals surface area (Å²) in [4.78, 5) is 53.6. The fourth-order valence-corrected chi connectivity index (χ4v) is 4.90. The van der Waals surface area contributed by atoms with Gasteiger partial charge in [0.15, 0.2) is 0 Å². The Balaban J connectivity index is 1.47. The lowest BCUT2D eigenvalue weighted by atomic mass is 9.85. The van der Waals surface area contributed by atoms with Gasteiger partial charge in [-0.25, -0.2) is 0 Å². The van der Waals surface area contributed by atoms with Gasteiger partial charge >= 0.3 is 0 Å². The molecule has 0 radical (unpaired) electrons. The van der Waals surface area contributed by atoms with Crippen molar-refractivity contribution in [1.29, 1.82) is 0 Å². The van der Waals surface area contributed by atoms with Crippen LogP contribution in [0.5, 0.6) is 0 Å². The minimum atomic E-state index is -0.330. The maximum Gasteiger partial charge on any atom is 0.233 e. The molecule has 2 saturated heterocycles. The van der Waals surface area contributed by atoms with Gasteiger partial charge in [0.05, 0.1) is 30.8 Å². The molecule has 3 aliphatic rings. The van der Waals surface area contributed by atoms with Crippen molar-refractivity contribution in [3.63, 3.8) is 0 Å². The molecule has 0 spiro atoms. The summed E-state index contributed by atoms with van der Waals surface area (Å²) in [6.45, 7) is 4.14. The minimum Gasteiger partial charge on any atom is -0.278 e. The summed E-state index contributed by atoms with van der Waals surface area (Å²) in [6.07, 6.45) is 9.58. The molecule has 1 aromatic carbocycles. The Kier molecular flexibility index (Phi) is 5.90. The highest BCUT2D eigenvalue weighted by Crippen LogP contribution is 2.36. The highest BCUT2D eigenvalue weighted by atomic mass is 16.2. The Morgan fingerprint density at radius 1 is 0.871 bits per heavy atom. The average Bonchev–Trinajstić information content (AvgIpc) is 3.13. The van der Waals surface area contributed by atoms with Gasteiger partial charge in [0.1, 0.15) is 0 Å². The first-order chi connectivity index (χ1) is 14.9. The molecule has 4 atom stereocenters. The third kappa shape index (κ3) is 3.87. The first kappa shape index (κ1) is 21.2. The van der Waals surface area contributed by atoms with Crippen LogP contribution in [0.25, 0.3) is 0 Å². The lowest BCUT2D eigenvalue weighted by molar-refractivity contribution is -0.142. The summed E-state index contributed by atoms with van der Waals surface area (Å²) in [5.41, 5.74) is 1.64. The number of allylic oxidation sites excluding steroid dienone is 4. The van der Waals surface area contributed by atoms with E-state index in [9.17, 15) is 19.2 Å². The summed E-state index contributed by atoms with van der Waals surface area (Å²) >= 11 is 0. The van der Waals surface area contributed by atoms with Crippen LogP contribution in [-0.2, 0) is 32.3 Å². The van der Waals surface area contributed by atoms with Crippen molar-refractivity contribution < 1.29 is 19.2 Å². The molecule has 2 fully saturated rings. The Bertz CT molecular complexity index is 953. The standard InChI is InChI=1S/C25H28N2O4/c1-3-4-10-19-16(2)22(28)26(23(19)29)14-17-8-7-9-18(13-17)15-27-24(30)20-11-5-6-12-21(20)25(27)31/h3-9,13,16,19-21H,10-12,14-15H2,1-2H3/b4-3-. The number of hydrogen-bond donors (Lipinski definition) is 0. The molecule has 0 N–H and O–H groups in total. The second-order valence-electron chi connectivity index (χ2n) is 8.70. The van der Waals surface area contributed by atoms with Gasteiger partial charge in [-0.2, -0.15) is 0 Å². The summed E-state index contributed by atoms with van der Waals surface area (Å²) in [6, 6.07) is 7.46. The molecule has 4 amide bonds. The van der Waals surface area contributed by atoms with E-state index in [0.717, 1.165) is 11.1 Å². The van der Waals surface area contributed by atoms with E-state index in [2.05, 4.69) is 0 Å². The summed E-state index contributed by atoms with van der Waals surface area (Å²) in [5, 5.41) is 0. The number of fused-ring (bicyclic) bond motifs is 1. The van der Waals surface area contributed by atoms with Crippen molar-refractivity contribution in [2.45, 2.75) is 46.2 Å². The molecule has 6 heteroatoms. The van der Waals surface area contributed by atoms with Gasteiger partial charge in [-0.3, -0.25) is 29.0 Å². The minimum absolute atomic E-state index is 0.102. The largest absolute Gasteiger partial charge is 0.278 e. The third-order valence-corrected chi connectivity index (χ3v) is 6.74. The van der Waals surface area contributed by atoms with Crippen molar-refractivity contribution in [2.75, 3.05) is 0 Å². The van der Waals surface area contributed by atoms with Gasteiger partial charge in [-0.15, -0.1) is 0 Å². The molecule has 31 heavy (non-hydrogen) atoms. The number of likely N-dealkylation sites (tertiary alicyclic amines) is 2. The van der Waals surface area contributed by atoms with E-state index in [1.54, 1.807) is 0 Å². The molecule has 2 heterocycles. The van der Waals surface area contributed by atoms with Crippen molar-refractivity contribution in [1.82, 2.24) is 9.80 Å². The number of carbonyl (C=O) groups excluding carboxylic acids is 4. The second-order valence-corrected chi connectivity index (χ2v) is 8.70. The van der Waals surface area contributed by atoms with Crippen molar-refractivity contribution >= 4 is 23.6 Å². The molecule has 2 aliphatic heterocycles. The van der Waals surface area contributed by atoms with E-state index in [4.69, 9.17) is 0 Å². The zero-order valence-corrected chi connectivity index (χ0v) is 18.0. The number of rotatable bonds is 6. The summed E-state index contributed by atoms with van der Waals surface area (Å²) < 4.78 is 0. The van der Waals surface area contributed by atoms with Gasteiger partial charge in [0.25, 0.3) is 0 Å². The average molecular weight is 421 g/mol. The monoisotopic (exact) mass is 420 g/mol. The van der Waals surface area contributed by atoms with Crippen molar-refractivity contribution in [3.8, 4) is 0 Å². The summed E-state index contributed by atoms with van der Waals surface area (Å²) in [5.74, 6) is -1.61. The lowest BCUT2D eigenvalue weighted by Crippen LogP contribution is -2.31. The quantitative estimate of drug-likeness (QED) is 0.523. The van der Waals surface area contributed by atoms with Gasteiger partial charge in [0, 0.05) is 5.92 Å². The number of hydrogen-bond acceptors (Lipinski definition) is 4. The van der Waals surface area contributed by atoms with Crippen LogP contribution in [0.1, 0.15) is 44.2 Å². The van der Waals surface area contributed by atoms with E-state index in [0.29, 0.717) is 19.3 Å². The fraction of sp³-hybridized carbons (Fsp3) is 0.440. The van der Waals surface area contributed by atoms with E-state index in [1.165, 1.54) is 9.80 Å². The topological polar surface area (TPSA) is 74.8 Å². The number of nitrogens with zero attached hydrogens (tertiary/aromatic N) is 2. The van der Waals surface area contributed by atoms with E-state index >= 15 is 0 Å². The zero-order chi connectivity index (χ0) is 22.1. The van der Waals surface area contributed by atoms with E-state index in [-0.39, 0.29) is 60.4 Å². The predicted octanol–water partition coefficient (Wildman–Crippen LogP) is 3.23. The van der Waals surface area contributed by atoms with Gasteiger partial charge in [-0.05, 0) is 37.3 Å². The Hall–Kier alpha value is -3.02. The van der Waals surface area contributed by atoms with Crippen LogP contribution >= 0.6 is 0 Å². The molecule has 0 aromatic heterocycles. The Morgan fingerprint density at radius 2 is 1.42 bits per heavy atom. The van der Waals surface area contributed by atoms with E-state index in [1.807, 2.05) is 62.4 Å². The molecule has 1 aromatic rings. The lowest BCUT2D eigenvalue weighted by Gasteiger charge is -2.18. The zero-order valence-electron chi connectivity index (χ0n) is 18.0. The van der Waals surface area contributed by atoms with Crippen LogP contribution in [0.4, 0.5) is 0 Å². The number of imide groups is 2. The van der Waals surface area contributed by atoms with Crippen molar-refractivity contribution in [2.24, 2.45) is 23.7 Å². The molecule has 6 nitrogen and oxygen atoms in total. The van der Waals surface area contributed by atoms with Crippen molar-refractivity contribution in [3.05, 3.63) is 59.7 Å². The molecule has 4 unspecified atom stereocenters. The van der Waals surface area contributed by atoms with Crippen LogP contribution in [0, 0.1) is 23.7 Å². The molecular weight excluding hydrogens is 392 g/mol. The smallest absolute Gasteiger partial charge is 0.233 e. The molecule has 0 saturated carbocycles. The molecule has 1 aliphatic carbocycles. The molecule has 0 bridgehead atoms. The normalized spacial score (nSPS) is 28.3. The molecule has 162 valence electrons. The predicted molar refractivity (Wildman–Crippen MR) is 115 cm³/mol. The first-order valence-corrected chi connectivity index (χ1v) is 11.0. The first-order valence-electron chi connectivity index (χ1n) is 11.0. The highest BCUT2D eigenvalue weighted by Gasteiger charge is 2.47.